The van der Waals surface area contributed by atoms with E-state index in [0.717, 1.165) is 18.6 Å². The molecule has 0 radical (unpaired) electrons. The van der Waals surface area contributed by atoms with Crippen LogP contribution < -0.4 is 4.74 Å². The third-order valence-electron chi connectivity index (χ3n) is 6.49. The lowest BCUT2D eigenvalue weighted by molar-refractivity contribution is 0.482. The van der Waals surface area contributed by atoms with E-state index < -0.39 is 0 Å². The van der Waals surface area contributed by atoms with Gasteiger partial charge in [0.25, 0.3) is 0 Å². The molecule has 1 heterocycles. The molecule has 208 valence electrons. The zero-order chi connectivity index (χ0) is 26.1. The van der Waals surface area contributed by atoms with Crippen LogP contribution in [0.4, 0.5) is 0 Å². The summed E-state index contributed by atoms with van der Waals surface area (Å²) in [6, 6.07) is 0.225. The van der Waals surface area contributed by atoms with E-state index >= 15 is 0 Å². The van der Waals surface area contributed by atoms with Gasteiger partial charge in [-0.3, -0.25) is 0 Å². The molecule has 0 spiro atoms. The molecule has 0 saturated carbocycles. The second kappa shape index (κ2) is 24.9. The topological polar surface area (TPSA) is 47.9 Å². The van der Waals surface area contributed by atoms with Crippen molar-refractivity contribution in [2.45, 2.75) is 160 Å². The largest absolute Gasteiger partial charge is 0.417 e. The summed E-state index contributed by atoms with van der Waals surface area (Å²) in [4.78, 5) is 12.7. The highest BCUT2D eigenvalue weighted by Crippen LogP contribution is 2.21. The van der Waals surface area contributed by atoms with Crippen LogP contribution in [0.25, 0.3) is 0 Å². The number of halogens is 1. The summed E-state index contributed by atoms with van der Waals surface area (Å²) < 4.78 is 5.65. The third-order valence-corrected chi connectivity index (χ3v) is 7.88. The number of nitrogens with zero attached hydrogens (tertiary/aromatic N) is 3. The van der Waals surface area contributed by atoms with E-state index in [2.05, 4.69) is 28.8 Å². The third kappa shape index (κ3) is 20.6. The number of thiocarbonyl (C=S) groups is 1. The summed E-state index contributed by atoms with van der Waals surface area (Å²) >= 11 is 13.0. The molecule has 0 N–H and O–H groups in total. The molecule has 0 aromatic carbocycles. The zero-order valence-corrected chi connectivity index (χ0v) is 25.6. The Kier molecular flexibility index (Phi) is 23.2. The molecule has 0 aliphatic rings. The lowest BCUT2D eigenvalue weighted by atomic mass is 10.0. The monoisotopic (exact) mass is 557 g/mol. The van der Waals surface area contributed by atoms with E-state index in [9.17, 15) is 0 Å². The molecule has 0 fully saturated rings. The van der Waals surface area contributed by atoms with Gasteiger partial charge in [-0.05, 0) is 36.7 Å². The van der Waals surface area contributed by atoms with Crippen molar-refractivity contribution >= 4 is 40.6 Å². The Balaban J connectivity index is 2.00. The average molecular weight is 558 g/mol. The van der Waals surface area contributed by atoms with Gasteiger partial charge in [0.15, 0.2) is 10.2 Å². The highest BCUT2D eigenvalue weighted by atomic mass is 35.5. The van der Waals surface area contributed by atoms with Crippen LogP contribution in [0.3, 0.4) is 0 Å². The molecular formula is C29H52ClN3OS2. The maximum Gasteiger partial charge on any atom is 0.327 e. The van der Waals surface area contributed by atoms with Gasteiger partial charge in [0, 0.05) is 12.2 Å². The first-order valence-electron chi connectivity index (χ1n) is 14.9. The van der Waals surface area contributed by atoms with E-state index in [0.29, 0.717) is 10.2 Å². The van der Waals surface area contributed by atoms with Gasteiger partial charge in [-0.25, -0.2) is 0 Å². The average Bonchev–Trinajstić information content (AvgIpc) is 2.85. The number of unbranched alkanes of at least 4 members (excludes halogenated alkanes) is 19. The van der Waals surface area contributed by atoms with Gasteiger partial charge >= 0.3 is 6.01 Å². The maximum absolute atomic E-state index is 6.08. The molecule has 36 heavy (non-hydrogen) atoms. The van der Waals surface area contributed by atoms with Gasteiger partial charge in [-0.2, -0.15) is 15.0 Å². The highest BCUT2D eigenvalue weighted by Gasteiger charge is 2.09. The first-order chi connectivity index (χ1) is 17.7. The van der Waals surface area contributed by atoms with Gasteiger partial charge in [-0.1, -0.05) is 148 Å². The van der Waals surface area contributed by atoms with Crippen molar-refractivity contribution in [2.24, 2.45) is 0 Å². The van der Waals surface area contributed by atoms with Crippen LogP contribution in [0.2, 0.25) is 5.28 Å². The molecule has 1 aromatic rings. The predicted octanol–water partition coefficient (Wildman–Crippen LogP) is 10.9. The number of aromatic nitrogens is 3. The number of rotatable bonds is 25. The van der Waals surface area contributed by atoms with Crippen LogP contribution in [-0.4, -0.2) is 25.8 Å². The molecule has 0 saturated heterocycles. The molecule has 0 aliphatic heterocycles. The van der Waals surface area contributed by atoms with Gasteiger partial charge in [0.2, 0.25) is 5.28 Å². The number of ether oxygens (including phenoxy) is 1. The second-order valence-electron chi connectivity index (χ2n) is 9.96. The van der Waals surface area contributed by atoms with Crippen LogP contribution in [0, 0.1) is 0 Å². The molecule has 0 bridgehead atoms. The van der Waals surface area contributed by atoms with Crippen LogP contribution in [0.15, 0.2) is 5.16 Å². The number of thioether (sulfide) groups is 1. The van der Waals surface area contributed by atoms with E-state index in [-0.39, 0.29) is 11.3 Å². The molecular weight excluding hydrogens is 506 g/mol. The van der Waals surface area contributed by atoms with Gasteiger partial charge < -0.3 is 4.74 Å². The summed E-state index contributed by atoms with van der Waals surface area (Å²) in [6.07, 6.45) is 28.9. The van der Waals surface area contributed by atoms with E-state index in [1.165, 1.54) is 128 Å². The van der Waals surface area contributed by atoms with E-state index in [1.807, 2.05) is 0 Å². The smallest absolute Gasteiger partial charge is 0.327 e. The van der Waals surface area contributed by atoms with Crippen molar-refractivity contribution in [3.8, 4) is 6.01 Å². The Bertz CT molecular complexity index is 663. The van der Waals surface area contributed by atoms with Crippen molar-refractivity contribution in [2.75, 3.05) is 5.75 Å². The van der Waals surface area contributed by atoms with Crippen LogP contribution in [0.1, 0.15) is 155 Å². The van der Waals surface area contributed by atoms with Crippen molar-refractivity contribution in [1.29, 1.82) is 0 Å². The Labute approximate surface area is 236 Å². The first kappa shape index (κ1) is 33.6. The molecule has 0 atom stereocenters. The van der Waals surface area contributed by atoms with Crippen molar-refractivity contribution in [3.63, 3.8) is 0 Å². The number of hydrogen-bond acceptors (Lipinski definition) is 6. The van der Waals surface area contributed by atoms with Gasteiger partial charge in [-0.15, -0.1) is 0 Å². The Hall–Kier alpha value is -0.460. The molecule has 7 heteroatoms. The fraction of sp³-hybridized carbons (Fsp3) is 0.862. The van der Waals surface area contributed by atoms with Crippen LogP contribution in [-0.2, 0) is 0 Å². The van der Waals surface area contributed by atoms with Crippen LogP contribution >= 0.6 is 35.6 Å². The minimum atomic E-state index is 0.167. The normalized spacial score (nSPS) is 11.2. The van der Waals surface area contributed by atoms with E-state index in [4.69, 9.17) is 28.6 Å². The first-order valence-corrected chi connectivity index (χ1v) is 16.7. The minimum Gasteiger partial charge on any atom is -0.417 e. The molecule has 0 unspecified atom stereocenters. The van der Waals surface area contributed by atoms with Crippen molar-refractivity contribution in [3.05, 3.63) is 5.28 Å². The predicted molar refractivity (Wildman–Crippen MR) is 162 cm³/mol. The Morgan fingerprint density at radius 1 is 0.639 bits per heavy atom. The Morgan fingerprint density at radius 3 is 1.58 bits per heavy atom. The SMILES string of the molecule is CCCCCCCCCCCCCCCCCCSc1nc(Cl)nc(OC(=S)CCCCCCC)n1. The maximum atomic E-state index is 6.08. The van der Waals surface area contributed by atoms with Crippen molar-refractivity contribution in [1.82, 2.24) is 15.0 Å². The van der Waals surface area contributed by atoms with Gasteiger partial charge in [0.05, 0.1) is 0 Å². The van der Waals surface area contributed by atoms with Crippen LogP contribution in [0.5, 0.6) is 6.01 Å². The second-order valence-corrected chi connectivity index (χ2v) is 11.8. The fourth-order valence-electron chi connectivity index (χ4n) is 4.26. The molecule has 1 aromatic heterocycles. The summed E-state index contributed by atoms with van der Waals surface area (Å²) in [5.41, 5.74) is 0. The molecule has 0 aliphatic carbocycles. The molecule has 0 amide bonds. The quantitative estimate of drug-likeness (QED) is 0.0676. The Morgan fingerprint density at radius 2 is 1.08 bits per heavy atom. The summed E-state index contributed by atoms with van der Waals surface area (Å²) in [7, 11) is 0. The lowest BCUT2D eigenvalue weighted by Gasteiger charge is -2.07. The zero-order valence-electron chi connectivity index (χ0n) is 23.2. The molecule has 1 rings (SSSR count). The highest BCUT2D eigenvalue weighted by molar-refractivity contribution is 7.99. The lowest BCUT2D eigenvalue weighted by Crippen LogP contribution is -2.09. The summed E-state index contributed by atoms with van der Waals surface area (Å²) in [5.74, 6) is 0.986. The summed E-state index contributed by atoms with van der Waals surface area (Å²) in [5, 5.41) is 1.32. The van der Waals surface area contributed by atoms with Crippen molar-refractivity contribution < 1.29 is 4.74 Å². The summed E-state index contributed by atoms with van der Waals surface area (Å²) in [6.45, 7) is 4.50. The fourth-order valence-corrected chi connectivity index (χ4v) is 5.51. The standard InChI is InChI=1S/C29H52ClN3OS2/c1-3-5-7-9-10-11-12-13-14-15-16-17-18-19-21-23-25-36-29-32-27(30)31-28(33-29)34-26(35)24-22-20-8-6-4-2/h3-25H2,1-2H3. The number of hydrogen-bond donors (Lipinski definition) is 0. The van der Waals surface area contributed by atoms with Gasteiger partial charge in [0.1, 0.15) is 0 Å². The van der Waals surface area contributed by atoms with E-state index in [1.54, 1.807) is 11.8 Å². The molecule has 4 nitrogen and oxygen atoms in total. The minimum absolute atomic E-state index is 0.167.